The maximum Gasteiger partial charge on any atom is 0.140 e. The van der Waals surface area contributed by atoms with Crippen LogP contribution in [0.1, 0.15) is 41.7 Å². The molecule has 3 atom stereocenters. The summed E-state index contributed by atoms with van der Waals surface area (Å²) >= 11 is 0. The van der Waals surface area contributed by atoms with Gasteiger partial charge in [0.05, 0.1) is 6.04 Å². The second-order valence-electron chi connectivity index (χ2n) is 8.53. The highest BCUT2D eigenvalue weighted by atomic mass is 16.5. The molecule has 2 N–H and O–H groups in total. The predicted octanol–water partition coefficient (Wildman–Crippen LogP) is 3.35. The van der Waals surface area contributed by atoms with E-state index >= 15 is 0 Å². The zero-order valence-corrected chi connectivity index (χ0v) is 17.7. The van der Waals surface area contributed by atoms with Crippen LogP contribution in [-0.2, 0) is 6.42 Å². The van der Waals surface area contributed by atoms with Gasteiger partial charge in [-0.15, -0.1) is 10.2 Å². The third kappa shape index (κ3) is 3.50. The predicted molar refractivity (Wildman–Crippen MR) is 117 cm³/mol. The van der Waals surface area contributed by atoms with Gasteiger partial charge in [-0.2, -0.15) is 0 Å². The molecule has 6 heteroatoms. The van der Waals surface area contributed by atoms with Crippen molar-refractivity contribution in [2.75, 3.05) is 13.1 Å². The molecule has 2 heterocycles. The van der Waals surface area contributed by atoms with Gasteiger partial charge in [0.15, 0.2) is 0 Å². The second-order valence-corrected chi connectivity index (χ2v) is 8.53. The van der Waals surface area contributed by atoms with E-state index in [4.69, 9.17) is 10.5 Å². The van der Waals surface area contributed by atoms with Crippen LogP contribution in [0.5, 0.6) is 5.75 Å². The largest absolute Gasteiger partial charge is 0.484 e. The molecule has 1 fully saturated rings. The standard InChI is InChI=1S/C24H29N5O/c1-16-26-27-17(2)29(16)20-9-11-21(12-10-20)30-24-22-8-4-3-6-18(22)14-23(24)28-13-5-7-19(25)15-28/h3-4,6,8-12,19,23-24H,5,7,13-15,25H2,1-2H3/t19?,23-,24-/m0/s1. The average molecular weight is 404 g/mol. The number of hydrogen-bond donors (Lipinski definition) is 1. The molecule has 1 aliphatic carbocycles. The lowest BCUT2D eigenvalue weighted by atomic mass is 10.0. The van der Waals surface area contributed by atoms with Crippen LogP contribution in [-0.4, -0.2) is 44.8 Å². The molecule has 6 nitrogen and oxygen atoms in total. The molecule has 30 heavy (non-hydrogen) atoms. The minimum absolute atomic E-state index is 0.0238. The molecule has 0 spiro atoms. The van der Waals surface area contributed by atoms with E-state index in [0.717, 1.165) is 55.4 Å². The molecule has 1 saturated heterocycles. The topological polar surface area (TPSA) is 69.2 Å². The molecule has 3 aromatic rings. The van der Waals surface area contributed by atoms with E-state index in [1.165, 1.54) is 11.1 Å². The maximum atomic E-state index is 6.61. The first-order chi connectivity index (χ1) is 14.6. The zero-order chi connectivity index (χ0) is 20.7. The number of likely N-dealkylation sites (tertiary alicyclic amines) is 1. The van der Waals surface area contributed by atoms with E-state index in [9.17, 15) is 0 Å². The Hall–Kier alpha value is -2.70. The van der Waals surface area contributed by atoms with Gasteiger partial charge in [0.1, 0.15) is 23.5 Å². The molecular weight excluding hydrogens is 374 g/mol. The fourth-order valence-electron chi connectivity index (χ4n) is 5.00. The van der Waals surface area contributed by atoms with E-state index in [2.05, 4.69) is 51.5 Å². The van der Waals surface area contributed by atoms with Crippen molar-refractivity contribution < 1.29 is 4.74 Å². The van der Waals surface area contributed by atoms with Crippen LogP contribution in [0.25, 0.3) is 5.69 Å². The van der Waals surface area contributed by atoms with Gasteiger partial charge in [-0.05, 0) is 75.0 Å². The number of ether oxygens (including phenoxy) is 1. The Bertz CT molecular complexity index is 1010. The Morgan fingerprint density at radius 1 is 1.00 bits per heavy atom. The first-order valence-electron chi connectivity index (χ1n) is 10.8. The molecule has 1 aromatic heterocycles. The summed E-state index contributed by atoms with van der Waals surface area (Å²) in [5.74, 6) is 2.65. The molecule has 156 valence electrons. The van der Waals surface area contributed by atoms with Gasteiger partial charge in [-0.1, -0.05) is 24.3 Å². The number of hydrogen-bond acceptors (Lipinski definition) is 5. The number of benzene rings is 2. The smallest absolute Gasteiger partial charge is 0.140 e. The van der Waals surface area contributed by atoms with E-state index < -0.39 is 0 Å². The van der Waals surface area contributed by atoms with Crippen molar-refractivity contribution in [1.82, 2.24) is 19.7 Å². The molecule has 0 bridgehead atoms. The van der Waals surface area contributed by atoms with Gasteiger partial charge in [-0.25, -0.2) is 0 Å². The van der Waals surface area contributed by atoms with Crippen LogP contribution >= 0.6 is 0 Å². The van der Waals surface area contributed by atoms with Gasteiger partial charge >= 0.3 is 0 Å². The van der Waals surface area contributed by atoms with Gasteiger partial charge in [0.2, 0.25) is 0 Å². The number of nitrogens with two attached hydrogens (primary N) is 1. The summed E-state index contributed by atoms with van der Waals surface area (Å²) < 4.78 is 8.66. The molecule has 0 radical (unpaired) electrons. The second kappa shape index (κ2) is 7.85. The van der Waals surface area contributed by atoms with E-state index in [1.807, 2.05) is 30.5 Å². The Morgan fingerprint density at radius 3 is 2.47 bits per heavy atom. The lowest BCUT2D eigenvalue weighted by Gasteiger charge is -2.38. The van der Waals surface area contributed by atoms with Crippen LogP contribution in [0, 0.1) is 13.8 Å². The normalized spacial score (nSPS) is 24.0. The van der Waals surface area contributed by atoms with Crippen molar-refractivity contribution >= 4 is 0 Å². The summed E-state index contributed by atoms with van der Waals surface area (Å²) in [6, 6.07) is 17.5. The molecule has 0 saturated carbocycles. The number of aromatic nitrogens is 3. The summed E-state index contributed by atoms with van der Waals surface area (Å²) in [6.07, 6.45) is 3.32. The van der Waals surface area contributed by atoms with Crippen LogP contribution in [0.4, 0.5) is 0 Å². The number of aryl methyl sites for hydroxylation is 2. The highest BCUT2D eigenvalue weighted by Crippen LogP contribution is 2.39. The fraction of sp³-hybridized carbons (Fsp3) is 0.417. The number of nitrogens with zero attached hydrogens (tertiary/aromatic N) is 4. The third-order valence-electron chi connectivity index (χ3n) is 6.44. The van der Waals surface area contributed by atoms with E-state index in [1.54, 1.807) is 0 Å². The molecule has 0 amide bonds. The highest BCUT2D eigenvalue weighted by Gasteiger charge is 2.39. The summed E-state index contributed by atoms with van der Waals surface area (Å²) in [4.78, 5) is 2.54. The van der Waals surface area contributed by atoms with Gasteiger partial charge in [0, 0.05) is 18.3 Å². The summed E-state index contributed by atoms with van der Waals surface area (Å²) in [5.41, 5.74) is 10.0. The first kappa shape index (κ1) is 19.3. The van der Waals surface area contributed by atoms with Crippen molar-refractivity contribution in [2.45, 2.75) is 51.3 Å². The van der Waals surface area contributed by atoms with Crippen molar-refractivity contribution in [1.29, 1.82) is 0 Å². The number of piperidine rings is 1. The number of rotatable bonds is 4. The Kier molecular flexibility index (Phi) is 5.05. The molecule has 1 aliphatic heterocycles. The van der Waals surface area contributed by atoms with Crippen LogP contribution in [0.2, 0.25) is 0 Å². The molecule has 2 aliphatic rings. The summed E-state index contributed by atoms with van der Waals surface area (Å²) in [5, 5.41) is 8.31. The minimum Gasteiger partial charge on any atom is -0.484 e. The average Bonchev–Trinajstić information content (AvgIpc) is 3.29. The van der Waals surface area contributed by atoms with Crippen molar-refractivity contribution in [3.63, 3.8) is 0 Å². The van der Waals surface area contributed by atoms with Crippen LogP contribution < -0.4 is 10.5 Å². The Morgan fingerprint density at radius 2 is 1.73 bits per heavy atom. The highest BCUT2D eigenvalue weighted by molar-refractivity contribution is 5.41. The van der Waals surface area contributed by atoms with Crippen LogP contribution in [0.15, 0.2) is 48.5 Å². The zero-order valence-electron chi connectivity index (χ0n) is 17.7. The van der Waals surface area contributed by atoms with Crippen molar-refractivity contribution in [3.05, 3.63) is 71.3 Å². The quantitative estimate of drug-likeness (QED) is 0.723. The third-order valence-corrected chi connectivity index (χ3v) is 6.44. The Balaban J connectivity index is 1.41. The van der Waals surface area contributed by atoms with Crippen molar-refractivity contribution in [3.8, 4) is 11.4 Å². The van der Waals surface area contributed by atoms with E-state index in [0.29, 0.717) is 6.04 Å². The SMILES string of the molecule is Cc1nnc(C)n1-c1ccc(O[C@H]2c3ccccc3C[C@@H]2N2CCCC(N)C2)cc1. The first-order valence-corrected chi connectivity index (χ1v) is 10.8. The molecule has 5 rings (SSSR count). The number of fused-ring (bicyclic) bond motifs is 1. The van der Waals surface area contributed by atoms with Crippen molar-refractivity contribution in [2.24, 2.45) is 5.73 Å². The molecule has 1 unspecified atom stereocenters. The van der Waals surface area contributed by atoms with Gasteiger partial charge < -0.3 is 10.5 Å². The lowest BCUT2D eigenvalue weighted by Crippen LogP contribution is -2.49. The van der Waals surface area contributed by atoms with Crippen LogP contribution in [0.3, 0.4) is 0 Å². The van der Waals surface area contributed by atoms with Gasteiger partial charge in [0.25, 0.3) is 0 Å². The lowest BCUT2D eigenvalue weighted by molar-refractivity contribution is 0.0593. The minimum atomic E-state index is 0.0238. The fourth-order valence-corrected chi connectivity index (χ4v) is 5.00. The monoisotopic (exact) mass is 403 g/mol. The molecule has 2 aromatic carbocycles. The summed E-state index contributed by atoms with van der Waals surface area (Å²) in [7, 11) is 0. The Labute approximate surface area is 177 Å². The van der Waals surface area contributed by atoms with E-state index in [-0.39, 0.29) is 12.1 Å². The summed E-state index contributed by atoms with van der Waals surface area (Å²) in [6.45, 7) is 5.97. The maximum absolute atomic E-state index is 6.61. The van der Waals surface area contributed by atoms with Gasteiger partial charge in [-0.3, -0.25) is 9.47 Å². The molecular formula is C24H29N5O.